The molecule has 9 heteroatoms. The highest BCUT2D eigenvalue weighted by molar-refractivity contribution is 5.79. The second-order valence-corrected chi connectivity index (χ2v) is 8.25. The van der Waals surface area contributed by atoms with Gasteiger partial charge in [-0.25, -0.2) is 0 Å². The highest BCUT2D eigenvalue weighted by Gasteiger charge is 2.50. The van der Waals surface area contributed by atoms with Crippen molar-refractivity contribution >= 4 is 11.8 Å². The number of hydrogen-bond acceptors (Lipinski definition) is 6. The highest BCUT2D eigenvalue weighted by atomic mass is 16.5. The van der Waals surface area contributed by atoms with Crippen LogP contribution in [-0.4, -0.2) is 94.0 Å². The minimum Gasteiger partial charge on any atom is -0.368 e. The fraction of sp³-hybridized carbons (Fsp3) is 0.524. The van der Waals surface area contributed by atoms with Crippen LogP contribution in [0.5, 0.6) is 0 Å². The van der Waals surface area contributed by atoms with Crippen LogP contribution < -0.4 is 0 Å². The van der Waals surface area contributed by atoms with E-state index in [1.807, 2.05) is 37.2 Å². The predicted octanol–water partition coefficient (Wildman–Crippen LogP) is 0.411. The van der Waals surface area contributed by atoms with Crippen molar-refractivity contribution < 1.29 is 14.3 Å². The van der Waals surface area contributed by atoms with Crippen LogP contribution in [0.4, 0.5) is 0 Å². The Morgan fingerprint density at radius 2 is 1.73 bits per heavy atom. The molecule has 2 aliphatic rings. The molecule has 1 aromatic heterocycles. The van der Waals surface area contributed by atoms with Crippen molar-refractivity contribution in [3.63, 3.8) is 0 Å². The lowest BCUT2D eigenvalue weighted by molar-refractivity contribution is -0.195. The molecule has 30 heavy (non-hydrogen) atoms. The summed E-state index contributed by atoms with van der Waals surface area (Å²) in [6.45, 7) is 2.67. The van der Waals surface area contributed by atoms with Crippen LogP contribution in [0.1, 0.15) is 18.0 Å². The lowest BCUT2D eigenvalue weighted by Gasteiger charge is -2.54. The van der Waals surface area contributed by atoms with Crippen molar-refractivity contribution in [3.05, 3.63) is 48.3 Å². The summed E-state index contributed by atoms with van der Waals surface area (Å²) in [6, 6.07) is 10.1. The van der Waals surface area contributed by atoms with E-state index in [1.54, 1.807) is 17.3 Å². The summed E-state index contributed by atoms with van der Waals surface area (Å²) >= 11 is 0. The quantitative estimate of drug-likeness (QED) is 0.684. The fourth-order valence-corrected chi connectivity index (χ4v) is 4.19. The van der Waals surface area contributed by atoms with Crippen LogP contribution in [0.25, 0.3) is 0 Å². The number of carbonyl (C=O) groups excluding carboxylic acids is 2. The Morgan fingerprint density at radius 3 is 2.40 bits per heavy atom. The maximum absolute atomic E-state index is 12.9. The second kappa shape index (κ2) is 8.53. The molecule has 0 radical (unpaired) electrons. The van der Waals surface area contributed by atoms with E-state index >= 15 is 0 Å². The monoisotopic (exact) mass is 412 g/mol. The Morgan fingerprint density at radius 1 is 1.07 bits per heavy atom. The Kier molecular flexibility index (Phi) is 5.83. The minimum atomic E-state index is -0.457. The number of amides is 2. The number of morpholine rings is 1. The van der Waals surface area contributed by atoms with E-state index in [4.69, 9.17) is 4.74 Å². The van der Waals surface area contributed by atoms with Crippen LogP contribution in [-0.2, 0) is 20.9 Å². The van der Waals surface area contributed by atoms with Gasteiger partial charge in [0.1, 0.15) is 12.1 Å². The van der Waals surface area contributed by atoms with Gasteiger partial charge in [-0.2, -0.15) is 15.0 Å². The van der Waals surface area contributed by atoms with Crippen molar-refractivity contribution in [2.75, 3.05) is 46.9 Å². The summed E-state index contributed by atoms with van der Waals surface area (Å²) in [6.07, 6.45) is 3.53. The molecule has 3 heterocycles. The molecular formula is C21H28N6O3. The number of rotatable bonds is 6. The number of nitrogens with zero attached hydrogens (tertiary/aromatic N) is 6. The zero-order valence-corrected chi connectivity index (χ0v) is 17.5. The third kappa shape index (κ3) is 4.36. The molecule has 2 aromatic rings. The average Bonchev–Trinajstić information content (AvgIpc) is 3.23. The smallest absolute Gasteiger partial charge is 0.246 e. The molecule has 4 rings (SSSR count). The van der Waals surface area contributed by atoms with E-state index in [0.29, 0.717) is 39.2 Å². The first-order valence-electron chi connectivity index (χ1n) is 10.2. The predicted molar refractivity (Wildman–Crippen MR) is 109 cm³/mol. The molecule has 2 amide bonds. The van der Waals surface area contributed by atoms with E-state index in [9.17, 15) is 9.59 Å². The average molecular weight is 412 g/mol. The van der Waals surface area contributed by atoms with E-state index in [2.05, 4.69) is 27.2 Å². The summed E-state index contributed by atoms with van der Waals surface area (Å²) in [5.41, 5.74) is 0.672. The number of carbonyl (C=O) groups is 2. The molecule has 2 aliphatic heterocycles. The number of ether oxygens (including phenoxy) is 1. The summed E-state index contributed by atoms with van der Waals surface area (Å²) in [7, 11) is 3.98. The molecule has 1 spiro atoms. The summed E-state index contributed by atoms with van der Waals surface area (Å²) < 4.78 is 6.00. The summed E-state index contributed by atoms with van der Waals surface area (Å²) in [5, 5.41) is 7.99. The first-order chi connectivity index (χ1) is 14.5. The highest BCUT2D eigenvalue weighted by Crippen LogP contribution is 2.32. The first-order valence-corrected chi connectivity index (χ1v) is 10.2. The zero-order valence-electron chi connectivity index (χ0n) is 17.5. The molecule has 0 aliphatic carbocycles. The molecule has 0 bridgehead atoms. The number of aromatic nitrogens is 3. The van der Waals surface area contributed by atoms with Crippen LogP contribution in [0.2, 0.25) is 0 Å². The number of likely N-dealkylation sites (tertiary alicyclic amines) is 1. The SMILES string of the molecule is CN(C)C(CC(=O)N1CC2(CN(C(=O)Cn3nccn3)CCO2)C1)c1ccccc1. The summed E-state index contributed by atoms with van der Waals surface area (Å²) in [4.78, 5) is 32.6. The molecule has 2 saturated heterocycles. The Labute approximate surface area is 176 Å². The Hall–Kier alpha value is -2.78. The van der Waals surface area contributed by atoms with Crippen LogP contribution in [0, 0.1) is 0 Å². The van der Waals surface area contributed by atoms with E-state index in [1.165, 1.54) is 4.80 Å². The van der Waals surface area contributed by atoms with E-state index in [0.717, 1.165) is 5.56 Å². The second-order valence-electron chi connectivity index (χ2n) is 8.25. The Bertz CT molecular complexity index is 864. The van der Waals surface area contributed by atoms with Gasteiger partial charge in [-0.1, -0.05) is 30.3 Å². The molecular weight excluding hydrogens is 384 g/mol. The van der Waals surface area contributed by atoms with Gasteiger partial charge in [0.2, 0.25) is 11.8 Å². The van der Waals surface area contributed by atoms with Gasteiger partial charge < -0.3 is 19.4 Å². The lowest BCUT2D eigenvalue weighted by Crippen LogP contribution is -2.71. The standard InChI is InChI=1S/C21H28N6O3/c1-24(2)18(17-6-4-3-5-7-17)12-19(28)26-15-21(16-26)14-25(10-11-30-21)20(29)13-27-22-8-9-23-27/h3-9,18H,10-16H2,1-2H3. The topological polar surface area (TPSA) is 83.8 Å². The maximum Gasteiger partial charge on any atom is 0.246 e. The normalized spacial score (nSPS) is 19.0. The van der Waals surface area contributed by atoms with Gasteiger partial charge in [-0.05, 0) is 19.7 Å². The molecule has 2 fully saturated rings. The lowest BCUT2D eigenvalue weighted by atomic mass is 9.90. The van der Waals surface area contributed by atoms with Gasteiger partial charge >= 0.3 is 0 Å². The first kappa shape index (κ1) is 20.5. The van der Waals surface area contributed by atoms with Crippen molar-refractivity contribution in [3.8, 4) is 0 Å². The van der Waals surface area contributed by atoms with Gasteiger partial charge in [0.05, 0.1) is 38.6 Å². The van der Waals surface area contributed by atoms with Crippen LogP contribution in [0.15, 0.2) is 42.7 Å². The number of hydrogen-bond donors (Lipinski definition) is 0. The largest absolute Gasteiger partial charge is 0.368 e. The molecule has 1 unspecified atom stereocenters. The van der Waals surface area contributed by atoms with E-state index < -0.39 is 5.60 Å². The van der Waals surface area contributed by atoms with Gasteiger partial charge in [0, 0.05) is 19.0 Å². The van der Waals surface area contributed by atoms with Gasteiger partial charge in [0.25, 0.3) is 0 Å². The molecule has 160 valence electrons. The van der Waals surface area contributed by atoms with Crippen LogP contribution >= 0.6 is 0 Å². The van der Waals surface area contributed by atoms with Crippen molar-refractivity contribution in [1.82, 2.24) is 29.7 Å². The van der Waals surface area contributed by atoms with Gasteiger partial charge in [-0.3, -0.25) is 9.59 Å². The third-order valence-corrected chi connectivity index (χ3v) is 5.83. The molecule has 0 saturated carbocycles. The third-order valence-electron chi connectivity index (χ3n) is 5.83. The molecule has 0 N–H and O–H groups in total. The van der Waals surface area contributed by atoms with Crippen molar-refractivity contribution in [1.29, 1.82) is 0 Å². The molecule has 9 nitrogen and oxygen atoms in total. The van der Waals surface area contributed by atoms with Crippen molar-refractivity contribution in [2.45, 2.75) is 24.6 Å². The molecule has 1 aromatic carbocycles. The summed E-state index contributed by atoms with van der Waals surface area (Å²) in [5.74, 6) is 0.0753. The minimum absolute atomic E-state index is 0.0298. The fourth-order valence-electron chi connectivity index (χ4n) is 4.19. The van der Waals surface area contributed by atoms with Gasteiger partial charge in [0.15, 0.2) is 0 Å². The van der Waals surface area contributed by atoms with Crippen molar-refractivity contribution in [2.24, 2.45) is 0 Å². The van der Waals surface area contributed by atoms with Gasteiger partial charge in [-0.15, -0.1) is 0 Å². The number of benzene rings is 1. The van der Waals surface area contributed by atoms with Crippen LogP contribution in [0.3, 0.4) is 0 Å². The van der Waals surface area contributed by atoms with E-state index in [-0.39, 0.29) is 24.4 Å². The molecule has 1 atom stereocenters. The maximum atomic E-state index is 12.9. The zero-order chi connectivity index (χ0) is 21.1. The Balaban J connectivity index is 1.32.